The van der Waals surface area contributed by atoms with Gasteiger partial charge >= 0.3 is 0 Å². The van der Waals surface area contributed by atoms with Crippen molar-refractivity contribution in [3.8, 4) is 0 Å². The number of carbonyl (C=O) groups is 1. The van der Waals surface area contributed by atoms with Crippen LogP contribution in [-0.2, 0) is 0 Å². The van der Waals surface area contributed by atoms with Gasteiger partial charge in [0.1, 0.15) is 5.69 Å². The van der Waals surface area contributed by atoms with Crippen molar-refractivity contribution in [2.45, 2.75) is 0 Å². The molecule has 7 heteroatoms. The molecule has 2 aromatic heterocycles. The fourth-order valence-corrected chi connectivity index (χ4v) is 3.02. The van der Waals surface area contributed by atoms with Crippen molar-refractivity contribution in [2.24, 2.45) is 0 Å². The van der Waals surface area contributed by atoms with Gasteiger partial charge in [0.2, 0.25) is 0 Å². The molecule has 5 nitrogen and oxygen atoms in total. The number of hydrogen-bond donors (Lipinski definition) is 0. The summed E-state index contributed by atoms with van der Waals surface area (Å²) in [6.45, 7) is 2.88. The summed E-state index contributed by atoms with van der Waals surface area (Å²) in [6.07, 6.45) is 3.37. The summed E-state index contributed by atoms with van der Waals surface area (Å²) in [6, 6.07) is 1.90. The second-order valence-electron chi connectivity index (χ2n) is 4.48. The van der Waals surface area contributed by atoms with Gasteiger partial charge in [0.15, 0.2) is 0 Å². The van der Waals surface area contributed by atoms with Gasteiger partial charge in [0.05, 0.1) is 16.2 Å². The minimum absolute atomic E-state index is 0.00623. The molecule has 3 heterocycles. The van der Waals surface area contributed by atoms with Crippen LogP contribution in [0.4, 0.5) is 5.69 Å². The van der Waals surface area contributed by atoms with Gasteiger partial charge in [-0.3, -0.25) is 9.78 Å². The third-order valence-corrected chi connectivity index (χ3v) is 4.19. The third kappa shape index (κ3) is 2.62. The van der Waals surface area contributed by atoms with Crippen LogP contribution in [0.15, 0.2) is 29.4 Å². The Morgan fingerprint density at radius 2 is 2.10 bits per heavy atom. The van der Waals surface area contributed by atoms with Crippen molar-refractivity contribution in [1.29, 1.82) is 0 Å². The molecule has 2 aromatic rings. The van der Waals surface area contributed by atoms with E-state index in [-0.39, 0.29) is 5.91 Å². The first-order valence-electron chi connectivity index (χ1n) is 6.27. The Labute approximate surface area is 125 Å². The van der Waals surface area contributed by atoms with Gasteiger partial charge in [-0.15, -0.1) is 11.3 Å². The molecule has 0 radical (unpaired) electrons. The quantitative estimate of drug-likeness (QED) is 0.853. The lowest BCUT2D eigenvalue weighted by atomic mass is 10.2. The van der Waals surface area contributed by atoms with Gasteiger partial charge in [-0.2, -0.15) is 0 Å². The van der Waals surface area contributed by atoms with Crippen LogP contribution in [-0.4, -0.2) is 47.0 Å². The molecule has 0 aliphatic carbocycles. The number of halogens is 1. The zero-order chi connectivity index (χ0) is 13.9. The minimum atomic E-state index is 0.00623. The monoisotopic (exact) mass is 308 g/mol. The predicted octanol–water partition coefficient (Wildman–Crippen LogP) is 2.15. The molecule has 0 unspecified atom stereocenters. The van der Waals surface area contributed by atoms with Gasteiger partial charge in [0, 0.05) is 44.0 Å². The molecule has 0 saturated carbocycles. The summed E-state index contributed by atoms with van der Waals surface area (Å²) in [4.78, 5) is 24.2. The molecule has 0 spiro atoms. The van der Waals surface area contributed by atoms with Crippen LogP contribution < -0.4 is 4.90 Å². The van der Waals surface area contributed by atoms with Crippen molar-refractivity contribution < 1.29 is 4.79 Å². The van der Waals surface area contributed by atoms with Crippen LogP contribution in [0.3, 0.4) is 0 Å². The number of anilines is 1. The molecule has 0 N–H and O–H groups in total. The molecule has 1 aliphatic rings. The van der Waals surface area contributed by atoms with E-state index in [1.807, 2.05) is 11.0 Å². The molecule has 1 fully saturated rings. The second-order valence-corrected chi connectivity index (χ2v) is 5.61. The lowest BCUT2D eigenvalue weighted by molar-refractivity contribution is 0.0741. The average molecular weight is 309 g/mol. The first-order valence-corrected chi connectivity index (χ1v) is 7.59. The van der Waals surface area contributed by atoms with Crippen LogP contribution in [0.1, 0.15) is 10.5 Å². The molecule has 104 valence electrons. The fourth-order valence-electron chi connectivity index (χ4n) is 2.25. The highest BCUT2D eigenvalue weighted by molar-refractivity contribution is 7.07. The van der Waals surface area contributed by atoms with Crippen LogP contribution in [0, 0.1) is 0 Å². The molecule has 1 amide bonds. The molecule has 0 bridgehead atoms. The largest absolute Gasteiger partial charge is 0.367 e. The van der Waals surface area contributed by atoms with E-state index in [1.165, 1.54) is 11.3 Å². The van der Waals surface area contributed by atoms with Gasteiger partial charge < -0.3 is 9.80 Å². The molecule has 0 atom stereocenters. The molecule has 1 saturated heterocycles. The summed E-state index contributed by atoms with van der Waals surface area (Å²) in [5, 5.41) is 2.43. The summed E-state index contributed by atoms with van der Waals surface area (Å²) in [7, 11) is 0. The number of aromatic nitrogens is 2. The number of amides is 1. The van der Waals surface area contributed by atoms with E-state index in [0.29, 0.717) is 23.8 Å². The molecular formula is C13H13ClN4OS. The number of thiazole rings is 1. The van der Waals surface area contributed by atoms with Crippen LogP contribution in [0.2, 0.25) is 5.02 Å². The highest BCUT2D eigenvalue weighted by Gasteiger charge is 2.24. The lowest BCUT2D eigenvalue weighted by Gasteiger charge is -2.36. The van der Waals surface area contributed by atoms with Crippen molar-refractivity contribution in [3.05, 3.63) is 40.1 Å². The maximum Gasteiger partial charge on any atom is 0.273 e. The van der Waals surface area contributed by atoms with Crippen LogP contribution >= 0.6 is 22.9 Å². The third-order valence-electron chi connectivity index (χ3n) is 3.31. The Balaban J connectivity index is 1.65. The van der Waals surface area contributed by atoms with Crippen molar-refractivity contribution in [1.82, 2.24) is 14.9 Å². The summed E-state index contributed by atoms with van der Waals surface area (Å²) < 4.78 is 0. The van der Waals surface area contributed by atoms with Crippen molar-refractivity contribution in [2.75, 3.05) is 31.1 Å². The summed E-state index contributed by atoms with van der Waals surface area (Å²) in [5.41, 5.74) is 3.19. The first-order chi connectivity index (χ1) is 9.75. The highest BCUT2D eigenvalue weighted by Crippen LogP contribution is 2.25. The number of nitrogens with zero attached hydrogens (tertiary/aromatic N) is 4. The van der Waals surface area contributed by atoms with E-state index in [9.17, 15) is 4.79 Å². The lowest BCUT2D eigenvalue weighted by Crippen LogP contribution is -2.49. The Bertz CT molecular complexity index is 596. The van der Waals surface area contributed by atoms with E-state index in [1.54, 1.807) is 23.3 Å². The van der Waals surface area contributed by atoms with Crippen molar-refractivity contribution >= 4 is 34.5 Å². The van der Waals surface area contributed by atoms with E-state index in [2.05, 4.69) is 14.9 Å². The molecule has 3 rings (SSSR count). The van der Waals surface area contributed by atoms with Gasteiger partial charge in [-0.25, -0.2) is 4.98 Å². The zero-order valence-electron chi connectivity index (χ0n) is 10.7. The van der Waals surface area contributed by atoms with Gasteiger partial charge in [-0.1, -0.05) is 11.6 Å². The van der Waals surface area contributed by atoms with Gasteiger partial charge in [0.25, 0.3) is 5.91 Å². The van der Waals surface area contributed by atoms with E-state index >= 15 is 0 Å². The molecule has 1 aliphatic heterocycles. The number of carbonyl (C=O) groups excluding carboxylic acids is 1. The Morgan fingerprint density at radius 3 is 2.75 bits per heavy atom. The van der Waals surface area contributed by atoms with E-state index < -0.39 is 0 Å². The average Bonchev–Trinajstić information content (AvgIpc) is 3.01. The SMILES string of the molecule is O=C(c1cscn1)N1CCN(c2ccncc2Cl)CC1. The normalized spacial score (nSPS) is 15.4. The maximum absolute atomic E-state index is 12.2. The summed E-state index contributed by atoms with van der Waals surface area (Å²) in [5.74, 6) is 0.00623. The number of pyridine rings is 1. The maximum atomic E-state index is 12.2. The van der Waals surface area contributed by atoms with Crippen LogP contribution in [0.5, 0.6) is 0 Å². The smallest absolute Gasteiger partial charge is 0.273 e. The number of hydrogen-bond acceptors (Lipinski definition) is 5. The Morgan fingerprint density at radius 1 is 1.30 bits per heavy atom. The molecular weight excluding hydrogens is 296 g/mol. The molecule has 0 aromatic carbocycles. The van der Waals surface area contributed by atoms with Crippen LogP contribution in [0.25, 0.3) is 0 Å². The summed E-state index contributed by atoms with van der Waals surface area (Å²) >= 11 is 7.58. The predicted molar refractivity (Wildman–Crippen MR) is 79.5 cm³/mol. The van der Waals surface area contributed by atoms with E-state index in [0.717, 1.165) is 18.8 Å². The number of piperazine rings is 1. The Kier molecular flexibility index (Phi) is 3.84. The Hall–Kier alpha value is -1.66. The first kappa shape index (κ1) is 13.3. The van der Waals surface area contributed by atoms with Gasteiger partial charge in [-0.05, 0) is 6.07 Å². The fraction of sp³-hybridized carbons (Fsp3) is 0.308. The topological polar surface area (TPSA) is 49.3 Å². The zero-order valence-corrected chi connectivity index (χ0v) is 12.3. The highest BCUT2D eigenvalue weighted by atomic mass is 35.5. The number of rotatable bonds is 2. The standard InChI is InChI=1S/C13H13ClN4OS/c14-10-7-15-2-1-12(10)17-3-5-18(6-4-17)13(19)11-8-20-9-16-11/h1-2,7-9H,3-6H2. The van der Waals surface area contributed by atoms with Crippen molar-refractivity contribution in [3.63, 3.8) is 0 Å². The minimum Gasteiger partial charge on any atom is -0.367 e. The molecule has 20 heavy (non-hydrogen) atoms. The second kappa shape index (κ2) is 5.76. The van der Waals surface area contributed by atoms with E-state index in [4.69, 9.17) is 11.6 Å².